The second kappa shape index (κ2) is 17.2. The highest BCUT2D eigenvalue weighted by Gasteiger charge is 2.31. The molecule has 0 spiro atoms. The number of esters is 1. The number of Topliss-reactive ketones (excluding diaryl/α,β-unsaturated/α-hetero) is 1. The molecular weight excluding hydrogens is 500 g/mol. The lowest BCUT2D eigenvalue weighted by atomic mass is 9.98. The molecule has 0 aliphatic heterocycles. The van der Waals surface area contributed by atoms with Gasteiger partial charge in [0.15, 0.2) is 5.78 Å². The number of nitrogens with two attached hydrogens (primary N) is 1. The molecule has 0 aromatic heterocycles. The first-order valence-electron chi connectivity index (χ1n) is 10.6. The number of alkyl halides is 4. The van der Waals surface area contributed by atoms with Gasteiger partial charge in [-0.05, 0) is 17.9 Å². The van der Waals surface area contributed by atoms with Crippen LogP contribution >= 0.6 is 12.4 Å². The van der Waals surface area contributed by atoms with Crippen molar-refractivity contribution in [1.82, 2.24) is 5.32 Å². The second-order valence-corrected chi connectivity index (χ2v) is 7.95. The summed E-state index contributed by atoms with van der Waals surface area (Å²) in [5.41, 5.74) is 6.37. The van der Waals surface area contributed by atoms with Crippen LogP contribution in [-0.4, -0.2) is 56.2 Å². The second-order valence-electron chi connectivity index (χ2n) is 7.95. The molecule has 1 rings (SSSR count). The van der Waals surface area contributed by atoms with Crippen molar-refractivity contribution in [2.45, 2.75) is 58.6 Å². The first-order chi connectivity index (χ1) is 16.0. The van der Waals surface area contributed by atoms with Gasteiger partial charge in [0.1, 0.15) is 12.6 Å². The number of carbonyl (C=O) groups excluding carboxylic acids is 3. The van der Waals surface area contributed by atoms with Gasteiger partial charge in [-0.3, -0.25) is 14.4 Å². The quantitative estimate of drug-likeness (QED) is 0.249. The van der Waals surface area contributed by atoms with Crippen LogP contribution in [-0.2, 0) is 35.2 Å². The zero-order chi connectivity index (χ0) is 25.7. The van der Waals surface area contributed by atoms with Crippen LogP contribution < -0.4 is 11.1 Å². The Kier molecular flexibility index (Phi) is 16.1. The molecule has 1 aromatic rings. The Morgan fingerprint density at radius 3 is 2.09 bits per heavy atom. The molecule has 200 valence electrons. The smallest absolute Gasteiger partial charge is 0.345 e. The Morgan fingerprint density at radius 1 is 0.971 bits per heavy atom. The van der Waals surface area contributed by atoms with Crippen LogP contribution in [0.4, 0.5) is 17.6 Å². The van der Waals surface area contributed by atoms with Crippen molar-refractivity contribution in [2.24, 2.45) is 17.6 Å². The Bertz CT molecular complexity index is 774. The van der Waals surface area contributed by atoms with E-state index in [0.717, 1.165) is 0 Å². The molecule has 35 heavy (non-hydrogen) atoms. The van der Waals surface area contributed by atoms with Crippen molar-refractivity contribution in [3.05, 3.63) is 35.9 Å². The van der Waals surface area contributed by atoms with Gasteiger partial charge in [-0.1, -0.05) is 44.2 Å². The van der Waals surface area contributed by atoms with Crippen LogP contribution in [0.3, 0.4) is 0 Å². The maximum Gasteiger partial charge on any atom is 0.345 e. The molecular formula is C22H31ClF4N2O6. The lowest BCUT2D eigenvalue weighted by molar-refractivity contribution is -0.167. The lowest BCUT2D eigenvalue weighted by Crippen LogP contribution is -2.51. The average Bonchev–Trinajstić information content (AvgIpc) is 2.77. The fourth-order valence-electron chi connectivity index (χ4n) is 2.91. The van der Waals surface area contributed by atoms with Crippen molar-refractivity contribution in [3.8, 4) is 0 Å². The predicted octanol–water partition coefficient (Wildman–Crippen LogP) is 3.06. The number of hydrogen-bond donors (Lipinski definition) is 2. The summed E-state index contributed by atoms with van der Waals surface area (Å²) in [7, 11) is 0. The minimum atomic E-state index is -3.23. The zero-order valence-electron chi connectivity index (χ0n) is 19.3. The molecule has 0 fully saturated rings. The van der Waals surface area contributed by atoms with Crippen LogP contribution in [0, 0.1) is 11.8 Å². The van der Waals surface area contributed by atoms with Crippen LogP contribution in [0.1, 0.15) is 32.3 Å². The molecule has 0 aliphatic rings. The lowest BCUT2D eigenvalue weighted by Gasteiger charge is -2.23. The summed E-state index contributed by atoms with van der Waals surface area (Å²) in [5.74, 6) is -4.13. The van der Waals surface area contributed by atoms with Crippen LogP contribution in [0.25, 0.3) is 0 Å². The van der Waals surface area contributed by atoms with Gasteiger partial charge in [-0.15, -0.1) is 12.4 Å². The normalized spacial score (nSPS) is 13.8. The maximum atomic E-state index is 12.7. The molecule has 1 aromatic carbocycles. The number of hydrogen-bond acceptors (Lipinski definition) is 7. The maximum absolute atomic E-state index is 12.7. The minimum absolute atomic E-state index is 0. The monoisotopic (exact) mass is 530 g/mol. The summed E-state index contributed by atoms with van der Waals surface area (Å²) < 4.78 is 63.6. The van der Waals surface area contributed by atoms with E-state index < -0.39 is 68.5 Å². The Hall–Kier alpha value is -2.28. The molecule has 0 aliphatic carbocycles. The number of nitrogens with one attached hydrogen (secondary N) is 1. The first kappa shape index (κ1) is 32.7. The zero-order valence-corrected chi connectivity index (χ0v) is 20.1. The Morgan fingerprint density at radius 2 is 1.54 bits per heavy atom. The Balaban J connectivity index is 0.0000116. The van der Waals surface area contributed by atoms with E-state index in [1.165, 1.54) is 0 Å². The SMILES string of the molecule is CC(C)C[C@H](N)C(=O)N[C@@H](COC(F)F)C(=O)C[C@@H](COC(F)F)C(=O)OCc1ccccc1.Cl. The fourth-order valence-corrected chi connectivity index (χ4v) is 2.91. The van der Waals surface area contributed by atoms with Crippen molar-refractivity contribution in [2.75, 3.05) is 13.2 Å². The summed E-state index contributed by atoms with van der Waals surface area (Å²) in [4.78, 5) is 37.5. The molecule has 8 nitrogen and oxygen atoms in total. The summed E-state index contributed by atoms with van der Waals surface area (Å²) in [6.45, 7) is -4.78. The fraction of sp³-hybridized carbons (Fsp3) is 0.591. The number of carbonyl (C=O) groups is 3. The number of rotatable bonds is 16. The van der Waals surface area contributed by atoms with Gasteiger partial charge in [-0.2, -0.15) is 17.6 Å². The van der Waals surface area contributed by atoms with E-state index in [2.05, 4.69) is 14.8 Å². The van der Waals surface area contributed by atoms with Gasteiger partial charge < -0.3 is 25.3 Å². The van der Waals surface area contributed by atoms with Gasteiger partial charge in [0, 0.05) is 6.42 Å². The average molecular weight is 531 g/mol. The number of ether oxygens (including phenoxy) is 3. The largest absolute Gasteiger partial charge is 0.461 e. The number of halogens is 5. The van der Waals surface area contributed by atoms with Gasteiger partial charge in [0.05, 0.1) is 25.2 Å². The molecule has 0 bridgehead atoms. The van der Waals surface area contributed by atoms with E-state index in [4.69, 9.17) is 10.5 Å². The van der Waals surface area contributed by atoms with Crippen molar-refractivity contribution in [1.29, 1.82) is 0 Å². The van der Waals surface area contributed by atoms with Gasteiger partial charge in [0.25, 0.3) is 0 Å². The predicted molar refractivity (Wildman–Crippen MR) is 120 cm³/mol. The van der Waals surface area contributed by atoms with Gasteiger partial charge in [-0.25, -0.2) is 0 Å². The van der Waals surface area contributed by atoms with Crippen LogP contribution in [0.5, 0.6) is 0 Å². The molecule has 13 heteroatoms. The summed E-state index contributed by atoms with van der Waals surface area (Å²) >= 11 is 0. The highest BCUT2D eigenvalue weighted by molar-refractivity contribution is 5.92. The summed E-state index contributed by atoms with van der Waals surface area (Å²) in [6, 6.07) is 5.86. The van der Waals surface area contributed by atoms with Crippen LogP contribution in [0.2, 0.25) is 0 Å². The Labute approximate surface area is 207 Å². The van der Waals surface area contributed by atoms with E-state index in [-0.39, 0.29) is 31.4 Å². The molecule has 0 saturated carbocycles. The minimum Gasteiger partial charge on any atom is -0.461 e. The first-order valence-corrected chi connectivity index (χ1v) is 10.6. The van der Waals surface area contributed by atoms with E-state index in [9.17, 15) is 31.9 Å². The molecule has 0 unspecified atom stereocenters. The summed E-state index contributed by atoms with van der Waals surface area (Å²) in [6.07, 6.45) is -0.462. The van der Waals surface area contributed by atoms with Crippen molar-refractivity contribution in [3.63, 3.8) is 0 Å². The number of benzene rings is 1. The third kappa shape index (κ3) is 14.0. The van der Waals surface area contributed by atoms with Gasteiger partial charge in [0.2, 0.25) is 5.91 Å². The van der Waals surface area contributed by atoms with Gasteiger partial charge >= 0.3 is 19.2 Å². The van der Waals surface area contributed by atoms with Crippen LogP contribution in [0.15, 0.2) is 30.3 Å². The molecule has 3 atom stereocenters. The number of ketones is 1. The van der Waals surface area contributed by atoms with Crippen molar-refractivity contribution < 1.29 is 46.2 Å². The molecule has 0 heterocycles. The van der Waals surface area contributed by atoms with E-state index >= 15 is 0 Å². The molecule has 1 amide bonds. The molecule has 0 saturated heterocycles. The summed E-state index contributed by atoms with van der Waals surface area (Å²) in [5, 5.41) is 2.23. The molecule has 0 radical (unpaired) electrons. The third-order valence-electron chi connectivity index (χ3n) is 4.58. The number of amides is 1. The van der Waals surface area contributed by atoms with Crippen molar-refractivity contribution >= 4 is 30.1 Å². The topological polar surface area (TPSA) is 117 Å². The molecule has 3 N–H and O–H groups in total. The van der Waals surface area contributed by atoms with E-state index in [1.807, 2.05) is 13.8 Å². The standard InChI is InChI=1S/C22H30F4N2O6.ClH/c1-13(2)8-16(27)19(30)28-17(12-34-22(25)26)18(29)9-15(11-33-21(23)24)20(31)32-10-14-6-4-3-5-7-14;/h3-7,13,15-17,21-22H,8-12,27H2,1-2H3,(H,28,30);1H/t15-,16-,17-;/m0./s1. The highest BCUT2D eigenvalue weighted by atomic mass is 35.5. The highest BCUT2D eigenvalue weighted by Crippen LogP contribution is 2.14. The van der Waals surface area contributed by atoms with E-state index in [1.54, 1.807) is 30.3 Å². The third-order valence-corrected chi connectivity index (χ3v) is 4.58. The van der Waals surface area contributed by atoms with E-state index in [0.29, 0.717) is 5.56 Å².